The fraction of sp³-hybridized carbons (Fsp3) is 0.389. The molecule has 4 N–H and O–H groups in total. The van der Waals surface area contributed by atoms with Crippen LogP contribution >= 0.6 is 35.3 Å². The van der Waals surface area contributed by atoms with Crippen molar-refractivity contribution in [2.45, 2.75) is 31.0 Å². The summed E-state index contributed by atoms with van der Waals surface area (Å²) in [5, 5.41) is 11.6. The van der Waals surface area contributed by atoms with Crippen molar-refractivity contribution in [2.24, 2.45) is 10.1 Å². The molecule has 0 saturated heterocycles. The summed E-state index contributed by atoms with van der Waals surface area (Å²) in [4.78, 5) is 5.34. The molecule has 0 unspecified atom stereocenters. The van der Waals surface area contributed by atoms with Gasteiger partial charge in [-0.3, -0.25) is 0 Å². The minimum Gasteiger partial charge on any atom is -0.496 e. The molecule has 28 heavy (non-hydrogen) atoms. The molecule has 2 rings (SSSR count). The Bertz CT molecular complexity index is 898. The number of nitrogens with zero attached hydrogens (tertiary/aromatic N) is 1. The first-order valence-electron chi connectivity index (χ1n) is 8.60. The number of hydrogen-bond acceptors (Lipinski definition) is 5. The average molecular weight is 538 g/mol. The number of nitrogens with one attached hydrogen (secondary N) is 2. The second-order valence-corrected chi connectivity index (χ2v) is 8.90. The number of methoxy groups -OCH3 is 1. The van der Waals surface area contributed by atoms with Gasteiger partial charge in [-0.15, -0.1) is 35.3 Å². The number of aryl methyl sites for hydroxylation is 1. The van der Waals surface area contributed by atoms with Crippen molar-refractivity contribution in [1.29, 1.82) is 0 Å². The Kier molecular flexibility index (Phi) is 10.2. The van der Waals surface area contributed by atoms with Gasteiger partial charge < -0.3 is 15.4 Å². The topological polar surface area (TPSA) is 106 Å². The lowest BCUT2D eigenvalue weighted by Gasteiger charge is -2.12. The fourth-order valence-electron chi connectivity index (χ4n) is 2.44. The molecule has 1 aromatic heterocycles. The first-order valence-corrected chi connectivity index (χ1v) is 11.0. The van der Waals surface area contributed by atoms with Gasteiger partial charge >= 0.3 is 0 Å². The van der Waals surface area contributed by atoms with Crippen LogP contribution in [0.1, 0.15) is 22.9 Å². The van der Waals surface area contributed by atoms with Gasteiger partial charge in [-0.05, 0) is 49.6 Å². The van der Waals surface area contributed by atoms with Gasteiger partial charge in [-0.2, -0.15) is 0 Å². The maximum Gasteiger partial charge on any atom is 0.247 e. The van der Waals surface area contributed by atoms with E-state index in [4.69, 9.17) is 9.88 Å². The molecule has 0 aliphatic rings. The smallest absolute Gasteiger partial charge is 0.247 e. The van der Waals surface area contributed by atoms with E-state index in [1.165, 1.54) is 11.6 Å². The van der Waals surface area contributed by atoms with Gasteiger partial charge in [-0.1, -0.05) is 12.1 Å². The van der Waals surface area contributed by atoms with Crippen LogP contribution in [0, 0.1) is 6.92 Å². The molecule has 0 aliphatic heterocycles. The van der Waals surface area contributed by atoms with Crippen LogP contribution in [0.15, 0.2) is 39.5 Å². The Hall–Kier alpha value is -1.37. The third kappa shape index (κ3) is 7.57. The molecule has 1 aromatic carbocycles. The fourth-order valence-corrected chi connectivity index (χ4v) is 4.14. The quantitative estimate of drug-likeness (QED) is 0.272. The molecular weight excluding hydrogens is 511 g/mol. The van der Waals surface area contributed by atoms with E-state index in [0.717, 1.165) is 40.5 Å². The largest absolute Gasteiger partial charge is 0.496 e. The highest BCUT2D eigenvalue weighted by Crippen LogP contribution is 2.21. The lowest BCUT2D eigenvalue weighted by Crippen LogP contribution is -2.38. The number of thiophene rings is 1. The molecule has 156 valence electrons. The van der Waals surface area contributed by atoms with Crippen LogP contribution in [0.25, 0.3) is 0 Å². The summed E-state index contributed by atoms with van der Waals surface area (Å²) in [5.74, 6) is 1.57. The van der Waals surface area contributed by atoms with E-state index in [1.807, 2.05) is 26.0 Å². The zero-order chi connectivity index (χ0) is 19.9. The van der Waals surface area contributed by atoms with Gasteiger partial charge in [0.1, 0.15) is 9.96 Å². The number of halogens is 1. The Morgan fingerprint density at radius 2 is 2.00 bits per heavy atom. The molecule has 0 fully saturated rings. The molecular formula is C18H27IN4O3S2. The number of hydrogen-bond donors (Lipinski definition) is 3. The zero-order valence-corrected chi connectivity index (χ0v) is 20.2. The second kappa shape index (κ2) is 11.6. The maximum absolute atomic E-state index is 11.3. The number of benzene rings is 1. The summed E-state index contributed by atoms with van der Waals surface area (Å²) in [5.41, 5.74) is 2.29. The highest BCUT2D eigenvalue weighted by Gasteiger charge is 2.11. The summed E-state index contributed by atoms with van der Waals surface area (Å²) >= 11 is 1.14. The van der Waals surface area contributed by atoms with Gasteiger partial charge in [0.2, 0.25) is 10.0 Å². The van der Waals surface area contributed by atoms with Gasteiger partial charge in [-0.25, -0.2) is 18.5 Å². The van der Waals surface area contributed by atoms with Crippen LogP contribution in [0.5, 0.6) is 5.75 Å². The molecule has 2 aromatic rings. The van der Waals surface area contributed by atoms with E-state index >= 15 is 0 Å². The standard InChI is InChI=1S/C18H26N4O3S2.HI/c1-4-20-18(22-12-15-7-8-17(26-15)27(19,23)24)21-10-9-14-6-5-13(2)16(11-14)25-3;/h5-8,11H,4,9-10,12H2,1-3H3,(H2,19,23,24)(H2,20,21,22);1H. The first kappa shape index (κ1) is 24.7. The van der Waals surface area contributed by atoms with Gasteiger partial charge in [0, 0.05) is 18.0 Å². The number of guanidine groups is 1. The highest BCUT2D eigenvalue weighted by molar-refractivity contribution is 14.0. The predicted octanol–water partition coefficient (Wildman–Crippen LogP) is 2.63. The summed E-state index contributed by atoms with van der Waals surface area (Å²) in [6.07, 6.45) is 0.829. The van der Waals surface area contributed by atoms with Crippen molar-refractivity contribution in [1.82, 2.24) is 10.6 Å². The van der Waals surface area contributed by atoms with Gasteiger partial charge in [0.05, 0.1) is 13.7 Å². The molecule has 0 radical (unpaired) electrons. The molecule has 7 nitrogen and oxygen atoms in total. The van der Waals surface area contributed by atoms with E-state index in [2.05, 4.69) is 21.7 Å². The summed E-state index contributed by atoms with van der Waals surface area (Å²) < 4.78 is 28.2. The summed E-state index contributed by atoms with van der Waals surface area (Å²) in [6, 6.07) is 9.42. The van der Waals surface area contributed by atoms with E-state index < -0.39 is 10.0 Å². The van der Waals surface area contributed by atoms with Crippen LogP contribution in [-0.2, 0) is 23.0 Å². The Morgan fingerprint density at radius 1 is 1.25 bits per heavy atom. The summed E-state index contributed by atoms with van der Waals surface area (Å²) in [6.45, 7) is 5.84. The predicted molar refractivity (Wildman–Crippen MR) is 125 cm³/mol. The third-order valence-corrected chi connectivity index (χ3v) is 6.34. The van der Waals surface area contributed by atoms with Crippen molar-refractivity contribution in [3.8, 4) is 5.75 Å². The third-order valence-electron chi connectivity index (χ3n) is 3.83. The lowest BCUT2D eigenvalue weighted by atomic mass is 10.1. The van der Waals surface area contributed by atoms with Crippen molar-refractivity contribution >= 4 is 51.3 Å². The van der Waals surface area contributed by atoms with Crippen LogP contribution in [0.3, 0.4) is 0 Å². The normalized spacial score (nSPS) is 11.6. The van der Waals surface area contributed by atoms with Crippen molar-refractivity contribution in [2.75, 3.05) is 20.2 Å². The number of ether oxygens (including phenoxy) is 1. The molecule has 0 bridgehead atoms. The number of aliphatic imine (C=N–C) groups is 1. The van der Waals surface area contributed by atoms with Crippen LogP contribution in [0.2, 0.25) is 0 Å². The van der Waals surface area contributed by atoms with E-state index in [0.29, 0.717) is 19.0 Å². The number of primary sulfonamides is 1. The molecule has 0 spiro atoms. The first-order chi connectivity index (χ1) is 12.8. The molecule has 10 heteroatoms. The minimum atomic E-state index is -3.66. The average Bonchev–Trinajstić information content (AvgIpc) is 3.10. The van der Waals surface area contributed by atoms with E-state index in [9.17, 15) is 8.42 Å². The monoisotopic (exact) mass is 538 g/mol. The molecule has 0 amide bonds. The lowest BCUT2D eigenvalue weighted by molar-refractivity contribution is 0.411. The minimum absolute atomic E-state index is 0. The SMILES string of the molecule is CCNC(=NCc1ccc(S(N)(=O)=O)s1)NCCc1ccc(C)c(OC)c1.I. The Morgan fingerprint density at radius 3 is 2.61 bits per heavy atom. The Balaban J connectivity index is 0.00000392. The highest BCUT2D eigenvalue weighted by atomic mass is 127. The molecule has 0 aliphatic carbocycles. The van der Waals surface area contributed by atoms with Crippen molar-refractivity contribution in [3.63, 3.8) is 0 Å². The van der Waals surface area contributed by atoms with E-state index in [1.54, 1.807) is 13.2 Å². The molecule has 0 atom stereocenters. The van der Waals surface area contributed by atoms with Crippen LogP contribution < -0.4 is 20.5 Å². The van der Waals surface area contributed by atoms with E-state index in [-0.39, 0.29) is 28.2 Å². The number of nitrogens with two attached hydrogens (primary N) is 1. The molecule has 0 saturated carbocycles. The number of rotatable bonds is 8. The van der Waals surface area contributed by atoms with Crippen LogP contribution in [0.4, 0.5) is 0 Å². The number of sulfonamides is 1. The van der Waals surface area contributed by atoms with Crippen molar-refractivity contribution < 1.29 is 13.2 Å². The van der Waals surface area contributed by atoms with Gasteiger partial charge in [0.25, 0.3) is 0 Å². The summed E-state index contributed by atoms with van der Waals surface area (Å²) in [7, 11) is -1.98. The van der Waals surface area contributed by atoms with Gasteiger partial charge in [0.15, 0.2) is 5.96 Å². The molecule has 1 heterocycles. The zero-order valence-electron chi connectivity index (χ0n) is 16.2. The Labute approximate surface area is 187 Å². The maximum atomic E-state index is 11.3. The second-order valence-electron chi connectivity index (χ2n) is 5.94. The van der Waals surface area contributed by atoms with Crippen molar-refractivity contribution in [3.05, 3.63) is 46.3 Å². The van der Waals surface area contributed by atoms with Crippen LogP contribution in [-0.4, -0.2) is 34.6 Å².